The molecule has 2 rings (SSSR count). The van der Waals surface area contributed by atoms with Crippen LogP contribution in [0.15, 0.2) is 21.6 Å². The van der Waals surface area contributed by atoms with Gasteiger partial charge < -0.3 is 5.11 Å². The molecule has 0 bridgehead atoms. The van der Waals surface area contributed by atoms with E-state index in [2.05, 4.69) is 20.0 Å². The van der Waals surface area contributed by atoms with Crippen molar-refractivity contribution in [3.05, 3.63) is 12.3 Å². The number of nitrogens with zero attached hydrogens (tertiary/aromatic N) is 4. The van der Waals surface area contributed by atoms with Crippen LogP contribution in [0.3, 0.4) is 0 Å². The third kappa shape index (κ3) is 3.46. The number of nitrogens with one attached hydrogen (secondary N) is 1. The molecule has 2 aromatic rings. The van der Waals surface area contributed by atoms with Crippen LogP contribution in [-0.2, 0) is 21.9 Å². The largest absolute Gasteiger partial charge is 0.481 e. The molecular weight excluding hydrogens is 326 g/mol. The van der Waals surface area contributed by atoms with Crippen molar-refractivity contribution in [3.63, 3.8) is 0 Å². The second-order valence-corrected chi connectivity index (χ2v) is 7.28. The van der Waals surface area contributed by atoms with Gasteiger partial charge in [0.2, 0.25) is 5.13 Å². The first-order valence-corrected chi connectivity index (χ1v) is 8.36. The molecule has 0 aliphatic rings. The lowest BCUT2D eigenvalue weighted by atomic mass is 10.7. The van der Waals surface area contributed by atoms with E-state index in [0.717, 1.165) is 23.1 Å². The maximum atomic E-state index is 12.0. The number of rotatable bonds is 6. The normalized spacial score (nSPS) is 11.4. The van der Waals surface area contributed by atoms with E-state index >= 15 is 0 Å². The molecule has 0 aliphatic heterocycles. The maximum absolute atomic E-state index is 12.0. The first-order chi connectivity index (χ1) is 9.38. The second kappa shape index (κ2) is 5.76. The monoisotopic (exact) mass is 335 g/mol. The van der Waals surface area contributed by atoms with Crippen LogP contribution < -0.4 is 4.72 Å². The zero-order valence-electron chi connectivity index (χ0n) is 10.0. The van der Waals surface area contributed by atoms with Crippen molar-refractivity contribution in [2.24, 2.45) is 7.05 Å². The minimum Gasteiger partial charge on any atom is -0.481 e. The van der Waals surface area contributed by atoms with Gasteiger partial charge in [-0.3, -0.25) is 14.2 Å². The van der Waals surface area contributed by atoms with Gasteiger partial charge in [-0.2, -0.15) is 13.5 Å². The van der Waals surface area contributed by atoms with Crippen molar-refractivity contribution in [1.82, 2.24) is 20.0 Å². The summed E-state index contributed by atoms with van der Waals surface area (Å²) in [7, 11) is -2.28. The number of carboxylic acid groups (broad SMARTS) is 1. The van der Waals surface area contributed by atoms with Crippen LogP contribution in [-0.4, -0.2) is 45.2 Å². The number of aryl methyl sites for hydroxylation is 1. The average molecular weight is 335 g/mol. The van der Waals surface area contributed by atoms with Crippen molar-refractivity contribution in [2.45, 2.75) is 9.37 Å². The number of aliphatic carboxylic acids is 1. The SMILES string of the molecule is Cn1nccc1S(=O)(=O)Nc1nnc(SCC(=O)O)s1. The lowest BCUT2D eigenvalue weighted by Gasteiger charge is -2.03. The first-order valence-electron chi connectivity index (χ1n) is 5.07. The van der Waals surface area contributed by atoms with Gasteiger partial charge >= 0.3 is 5.97 Å². The predicted octanol–water partition coefficient (Wildman–Crippen LogP) is 0.249. The fourth-order valence-electron chi connectivity index (χ4n) is 1.23. The summed E-state index contributed by atoms with van der Waals surface area (Å²) in [5.41, 5.74) is 0. The highest BCUT2D eigenvalue weighted by atomic mass is 32.2. The maximum Gasteiger partial charge on any atom is 0.313 e. The highest BCUT2D eigenvalue weighted by molar-refractivity contribution is 8.01. The third-order valence-corrected chi connectivity index (χ3v) is 5.50. The van der Waals surface area contributed by atoms with Gasteiger partial charge in [-0.05, 0) is 6.07 Å². The number of carboxylic acids is 1. The average Bonchev–Trinajstić information content (AvgIpc) is 2.95. The number of hydrogen-bond donors (Lipinski definition) is 2. The Kier molecular flexibility index (Phi) is 4.25. The third-order valence-electron chi connectivity index (χ3n) is 2.00. The number of sulfonamides is 1. The Morgan fingerprint density at radius 1 is 1.55 bits per heavy atom. The van der Waals surface area contributed by atoms with Gasteiger partial charge in [0, 0.05) is 7.05 Å². The molecule has 0 aromatic carbocycles. The summed E-state index contributed by atoms with van der Waals surface area (Å²) in [6.07, 6.45) is 1.36. The Morgan fingerprint density at radius 3 is 2.90 bits per heavy atom. The fourth-order valence-corrected chi connectivity index (χ4v) is 4.05. The fraction of sp³-hybridized carbons (Fsp3) is 0.250. The number of hydrogen-bond acceptors (Lipinski definition) is 8. The summed E-state index contributed by atoms with van der Waals surface area (Å²) in [5.74, 6) is -1.15. The van der Waals surface area contributed by atoms with Gasteiger partial charge in [-0.15, -0.1) is 10.2 Å². The highest BCUT2D eigenvalue weighted by Crippen LogP contribution is 2.26. The van der Waals surface area contributed by atoms with Crippen molar-refractivity contribution >= 4 is 44.2 Å². The molecule has 0 atom stereocenters. The van der Waals surface area contributed by atoms with E-state index < -0.39 is 16.0 Å². The second-order valence-electron chi connectivity index (χ2n) is 3.45. The summed E-state index contributed by atoms with van der Waals surface area (Å²) in [4.78, 5) is 10.4. The molecule has 2 N–H and O–H groups in total. The van der Waals surface area contributed by atoms with Gasteiger partial charge in [0.15, 0.2) is 9.37 Å². The molecule has 2 heterocycles. The summed E-state index contributed by atoms with van der Waals surface area (Å²) < 4.78 is 27.9. The molecule has 2 aromatic heterocycles. The van der Waals surface area contributed by atoms with E-state index in [1.54, 1.807) is 0 Å². The standard InChI is InChI=1S/C8H9N5O4S3/c1-13-5(2-3-9-13)20(16,17)12-7-10-11-8(19-7)18-4-6(14)15/h2-3H,4H2,1H3,(H,10,12)(H,14,15). The molecule has 20 heavy (non-hydrogen) atoms. The smallest absolute Gasteiger partial charge is 0.313 e. The number of carbonyl (C=O) groups is 1. The Bertz CT molecular complexity index is 722. The van der Waals surface area contributed by atoms with Crippen LogP contribution in [0.2, 0.25) is 0 Å². The van der Waals surface area contributed by atoms with E-state index in [9.17, 15) is 13.2 Å². The van der Waals surface area contributed by atoms with Crippen LogP contribution in [0.25, 0.3) is 0 Å². The molecule has 9 nitrogen and oxygen atoms in total. The lowest BCUT2D eigenvalue weighted by Crippen LogP contribution is -2.16. The molecule has 0 aliphatic carbocycles. The highest BCUT2D eigenvalue weighted by Gasteiger charge is 2.20. The molecular formula is C8H9N5O4S3. The quantitative estimate of drug-likeness (QED) is 0.719. The van der Waals surface area contributed by atoms with Gasteiger partial charge in [-0.25, -0.2) is 0 Å². The predicted molar refractivity (Wildman–Crippen MR) is 72.3 cm³/mol. The molecule has 0 saturated carbocycles. The lowest BCUT2D eigenvalue weighted by molar-refractivity contribution is -0.133. The van der Waals surface area contributed by atoms with Gasteiger partial charge in [-0.1, -0.05) is 23.1 Å². The van der Waals surface area contributed by atoms with E-state index in [-0.39, 0.29) is 15.9 Å². The zero-order chi connectivity index (χ0) is 14.8. The minimum atomic E-state index is -3.79. The molecule has 108 valence electrons. The van der Waals surface area contributed by atoms with Gasteiger partial charge in [0.1, 0.15) is 0 Å². The van der Waals surface area contributed by atoms with Crippen molar-refractivity contribution in [3.8, 4) is 0 Å². The van der Waals surface area contributed by atoms with Crippen molar-refractivity contribution in [1.29, 1.82) is 0 Å². The van der Waals surface area contributed by atoms with Crippen LogP contribution in [0.5, 0.6) is 0 Å². The molecule has 12 heteroatoms. The molecule has 0 spiro atoms. The Morgan fingerprint density at radius 2 is 2.30 bits per heavy atom. The summed E-state index contributed by atoms with van der Waals surface area (Å²) in [5, 5.41) is 19.7. The van der Waals surface area contributed by atoms with Gasteiger partial charge in [0.05, 0.1) is 11.9 Å². The summed E-state index contributed by atoms with van der Waals surface area (Å²) in [6.45, 7) is 0. The van der Waals surface area contributed by atoms with E-state index in [1.807, 2.05) is 0 Å². The Balaban J connectivity index is 2.11. The molecule has 0 radical (unpaired) electrons. The van der Waals surface area contributed by atoms with Crippen LogP contribution >= 0.6 is 23.1 Å². The van der Waals surface area contributed by atoms with E-state index in [1.165, 1.54) is 24.0 Å². The molecule has 0 unspecified atom stereocenters. The molecule has 0 saturated heterocycles. The van der Waals surface area contributed by atoms with Gasteiger partial charge in [0.25, 0.3) is 10.0 Å². The van der Waals surface area contributed by atoms with Crippen LogP contribution in [0.1, 0.15) is 0 Å². The van der Waals surface area contributed by atoms with Crippen molar-refractivity contribution < 1.29 is 18.3 Å². The Hall–Kier alpha value is -1.66. The number of aromatic nitrogens is 4. The number of anilines is 1. The van der Waals surface area contributed by atoms with Crippen molar-refractivity contribution in [2.75, 3.05) is 10.5 Å². The molecule has 0 amide bonds. The topological polar surface area (TPSA) is 127 Å². The van der Waals surface area contributed by atoms with Crippen LogP contribution in [0, 0.1) is 0 Å². The minimum absolute atomic E-state index is 0.00700. The zero-order valence-corrected chi connectivity index (χ0v) is 12.5. The van der Waals surface area contributed by atoms with E-state index in [4.69, 9.17) is 5.11 Å². The first kappa shape index (κ1) is 14.7. The summed E-state index contributed by atoms with van der Waals surface area (Å²) in [6, 6.07) is 1.35. The van der Waals surface area contributed by atoms with E-state index in [0.29, 0.717) is 4.34 Å². The Labute approximate surface area is 122 Å². The molecule has 0 fully saturated rings. The number of thioether (sulfide) groups is 1. The summed E-state index contributed by atoms with van der Waals surface area (Å²) >= 11 is 1.93. The van der Waals surface area contributed by atoms with Crippen LogP contribution in [0.4, 0.5) is 5.13 Å².